The molecule has 0 radical (unpaired) electrons. The Kier molecular flexibility index (Phi) is 7.71. The summed E-state index contributed by atoms with van der Waals surface area (Å²) in [6.07, 6.45) is 2.64. The zero-order chi connectivity index (χ0) is 20.6. The molecule has 2 amide bonds. The zero-order valence-corrected chi connectivity index (χ0v) is 17.4. The van der Waals surface area contributed by atoms with Crippen LogP contribution in [0.2, 0.25) is 0 Å². The highest BCUT2D eigenvalue weighted by Gasteiger charge is 2.31. The standard InChI is InChI=1S/C21H32N4O4/c1-28-18-6-5-16(13-19(18)29-2)15-25-12-8-23-21(27)17(25)14-20(26)22-7-11-24-9-3-4-10-24/h5-6,13,17H,3-4,7-12,14-15H2,1-2H3,(H,22,26)(H,23,27). The van der Waals surface area contributed by atoms with Crippen molar-refractivity contribution in [3.05, 3.63) is 23.8 Å². The first-order valence-corrected chi connectivity index (χ1v) is 10.3. The van der Waals surface area contributed by atoms with E-state index in [0.717, 1.165) is 25.2 Å². The molecular formula is C21H32N4O4. The Bertz CT molecular complexity index is 706. The van der Waals surface area contributed by atoms with E-state index in [4.69, 9.17) is 9.47 Å². The predicted molar refractivity (Wildman–Crippen MR) is 110 cm³/mol. The first kappa shape index (κ1) is 21.4. The number of nitrogens with zero attached hydrogens (tertiary/aromatic N) is 2. The lowest BCUT2D eigenvalue weighted by molar-refractivity contribution is -0.134. The second-order valence-electron chi connectivity index (χ2n) is 7.57. The molecule has 2 aliphatic rings. The molecule has 1 atom stereocenters. The van der Waals surface area contributed by atoms with Crippen molar-refractivity contribution in [3.8, 4) is 11.5 Å². The van der Waals surface area contributed by atoms with Crippen LogP contribution in [0.4, 0.5) is 0 Å². The number of nitrogens with one attached hydrogen (secondary N) is 2. The SMILES string of the molecule is COc1ccc(CN2CCNC(=O)C2CC(=O)NCCN2CCCC2)cc1OC. The van der Waals surface area contributed by atoms with Crippen LogP contribution in [0.3, 0.4) is 0 Å². The molecule has 2 saturated heterocycles. The van der Waals surface area contributed by atoms with Gasteiger partial charge in [0.1, 0.15) is 0 Å². The predicted octanol–water partition coefficient (Wildman–Crippen LogP) is 0.606. The van der Waals surface area contributed by atoms with Gasteiger partial charge >= 0.3 is 0 Å². The van der Waals surface area contributed by atoms with Gasteiger partial charge in [0, 0.05) is 32.7 Å². The maximum atomic E-state index is 12.5. The fourth-order valence-corrected chi connectivity index (χ4v) is 3.99. The molecule has 0 aliphatic carbocycles. The van der Waals surface area contributed by atoms with Crippen molar-refractivity contribution in [1.29, 1.82) is 0 Å². The summed E-state index contributed by atoms with van der Waals surface area (Å²) in [4.78, 5) is 29.3. The van der Waals surface area contributed by atoms with Crippen molar-refractivity contribution in [2.75, 3.05) is 53.5 Å². The molecule has 160 valence electrons. The van der Waals surface area contributed by atoms with Gasteiger partial charge in [0.05, 0.1) is 26.7 Å². The Hall–Kier alpha value is -2.32. The summed E-state index contributed by atoms with van der Waals surface area (Å²) >= 11 is 0. The van der Waals surface area contributed by atoms with E-state index in [1.807, 2.05) is 18.2 Å². The first-order chi connectivity index (χ1) is 14.1. The van der Waals surface area contributed by atoms with E-state index in [9.17, 15) is 9.59 Å². The smallest absolute Gasteiger partial charge is 0.237 e. The number of likely N-dealkylation sites (tertiary alicyclic amines) is 1. The fraction of sp³-hybridized carbons (Fsp3) is 0.619. The normalized spacial score (nSPS) is 20.3. The van der Waals surface area contributed by atoms with E-state index in [2.05, 4.69) is 20.4 Å². The number of benzene rings is 1. The fourth-order valence-electron chi connectivity index (χ4n) is 3.99. The maximum Gasteiger partial charge on any atom is 0.237 e. The second-order valence-corrected chi connectivity index (χ2v) is 7.57. The third-order valence-electron chi connectivity index (χ3n) is 5.60. The lowest BCUT2D eigenvalue weighted by Gasteiger charge is -2.34. The summed E-state index contributed by atoms with van der Waals surface area (Å²) < 4.78 is 10.7. The highest BCUT2D eigenvalue weighted by molar-refractivity contribution is 5.88. The monoisotopic (exact) mass is 404 g/mol. The minimum absolute atomic E-state index is 0.0800. The number of piperazine rings is 1. The van der Waals surface area contributed by atoms with E-state index in [-0.39, 0.29) is 18.2 Å². The first-order valence-electron chi connectivity index (χ1n) is 10.3. The number of rotatable bonds is 9. The molecule has 2 N–H and O–H groups in total. The van der Waals surface area contributed by atoms with Gasteiger partial charge in [-0.2, -0.15) is 0 Å². The molecule has 1 unspecified atom stereocenters. The third-order valence-corrected chi connectivity index (χ3v) is 5.60. The number of amides is 2. The van der Waals surface area contributed by atoms with Gasteiger partial charge in [-0.05, 0) is 43.6 Å². The van der Waals surface area contributed by atoms with Crippen LogP contribution in [0.15, 0.2) is 18.2 Å². The van der Waals surface area contributed by atoms with E-state index in [0.29, 0.717) is 37.7 Å². The van der Waals surface area contributed by atoms with Gasteiger partial charge in [0.25, 0.3) is 0 Å². The maximum absolute atomic E-state index is 12.5. The van der Waals surface area contributed by atoms with Crippen LogP contribution in [0.5, 0.6) is 11.5 Å². The molecule has 29 heavy (non-hydrogen) atoms. The quantitative estimate of drug-likeness (QED) is 0.627. The van der Waals surface area contributed by atoms with Crippen molar-refractivity contribution in [2.45, 2.75) is 31.8 Å². The average Bonchev–Trinajstić information content (AvgIpc) is 3.24. The summed E-state index contributed by atoms with van der Waals surface area (Å²) in [5, 5.41) is 5.85. The molecule has 8 heteroatoms. The number of hydrogen-bond acceptors (Lipinski definition) is 6. The minimum atomic E-state index is -0.469. The number of hydrogen-bond donors (Lipinski definition) is 2. The van der Waals surface area contributed by atoms with Crippen molar-refractivity contribution < 1.29 is 19.1 Å². The molecule has 0 aromatic heterocycles. The molecule has 0 saturated carbocycles. The van der Waals surface area contributed by atoms with Gasteiger partial charge in [0.15, 0.2) is 11.5 Å². The Morgan fingerprint density at radius 1 is 1.17 bits per heavy atom. The molecule has 3 rings (SSSR count). The Balaban J connectivity index is 1.56. The summed E-state index contributed by atoms with van der Waals surface area (Å²) in [5.74, 6) is 1.15. The van der Waals surface area contributed by atoms with Crippen molar-refractivity contribution in [2.24, 2.45) is 0 Å². The number of ether oxygens (including phenoxy) is 2. The van der Waals surface area contributed by atoms with Gasteiger partial charge in [-0.25, -0.2) is 0 Å². The van der Waals surface area contributed by atoms with E-state index < -0.39 is 6.04 Å². The van der Waals surface area contributed by atoms with Crippen molar-refractivity contribution >= 4 is 11.8 Å². The van der Waals surface area contributed by atoms with E-state index in [1.165, 1.54) is 12.8 Å². The largest absolute Gasteiger partial charge is 0.493 e. The van der Waals surface area contributed by atoms with Crippen LogP contribution in [0.1, 0.15) is 24.8 Å². The number of methoxy groups -OCH3 is 2. The van der Waals surface area contributed by atoms with Gasteiger partial charge < -0.3 is 25.0 Å². The molecular weight excluding hydrogens is 372 g/mol. The van der Waals surface area contributed by atoms with Crippen LogP contribution in [0, 0.1) is 0 Å². The molecule has 2 aliphatic heterocycles. The van der Waals surface area contributed by atoms with Crippen molar-refractivity contribution in [3.63, 3.8) is 0 Å². The number of carbonyl (C=O) groups is 2. The van der Waals surface area contributed by atoms with Gasteiger partial charge in [-0.15, -0.1) is 0 Å². The molecule has 0 spiro atoms. The zero-order valence-electron chi connectivity index (χ0n) is 17.4. The minimum Gasteiger partial charge on any atom is -0.493 e. The Morgan fingerprint density at radius 2 is 1.93 bits per heavy atom. The molecule has 0 bridgehead atoms. The third kappa shape index (κ3) is 5.83. The van der Waals surface area contributed by atoms with Crippen LogP contribution < -0.4 is 20.1 Å². The van der Waals surface area contributed by atoms with Crippen LogP contribution in [0.25, 0.3) is 0 Å². The Labute approximate surface area is 172 Å². The Morgan fingerprint density at radius 3 is 2.66 bits per heavy atom. The van der Waals surface area contributed by atoms with Crippen LogP contribution in [-0.4, -0.2) is 81.1 Å². The van der Waals surface area contributed by atoms with E-state index in [1.54, 1.807) is 14.2 Å². The lowest BCUT2D eigenvalue weighted by Crippen LogP contribution is -2.56. The summed E-state index contributed by atoms with van der Waals surface area (Å²) in [7, 11) is 3.20. The molecule has 1 aromatic carbocycles. The van der Waals surface area contributed by atoms with Crippen LogP contribution >= 0.6 is 0 Å². The van der Waals surface area contributed by atoms with Gasteiger partial charge in [0.2, 0.25) is 11.8 Å². The highest BCUT2D eigenvalue weighted by atomic mass is 16.5. The molecule has 2 fully saturated rings. The average molecular weight is 405 g/mol. The summed E-state index contributed by atoms with van der Waals surface area (Å²) in [6.45, 7) is 5.57. The van der Waals surface area contributed by atoms with Gasteiger partial charge in [-0.3, -0.25) is 14.5 Å². The van der Waals surface area contributed by atoms with E-state index >= 15 is 0 Å². The molecule has 8 nitrogen and oxygen atoms in total. The van der Waals surface area contributed by atoms with Gasteiger partial charge in [-0.1, -0.05) is 6.07 Å². The highest BCUT2D eigenvalue weighted by Crippen LogP contribution is 2.28. The molecule has 2 heterocycles. The topological polar surface area (TPSA) is 83.1 Å². The number of carbonyl (C=O) groups excluding carboxylic acids is 2. The van der Waals surface area contributed by atoms with Crippen molar-refractivity contribution in [1.82, 2.24) is 20.4 Å². The molecule has 1 aromatic rings. The summed E-state index contributed by atoms with van der Waals surface area (Å²) in [6, 6.07) is 5.27. The lowest BCUT2D eigenvalue weighted by atomic mass is 10.1. The second kappa shape index (κ2) is 10.5. The summed E-state index contributed by atoms with van der Waals surface area (Å²) in [5.41, 5.74) is 1.01. The van der Waals surface area contributed by atoms with Crippen LogP contribution in [-0.2, 0) is 16.1 Å².